The summed E-state index contributed by atoms with van der Waals surface area (Å²) in [5.41, 5.74) is 0.903. The molecule has 1 saturated carbocycles. The molecule has 1 aromatic heterocycles. The van der Waals surface area contributed by atoms with Crippen molar-refractivity contribution in [3.8, 4) is 0 Å². The maximum Gasteiger partial charge on any atom is 0.267 e. The molecule has 1 aliphatic carbocycles. The number of carbonyl (C=O) groups is 2. The van der Waals surface area contributed by atoms with Crippen molar-refractivity contribution in [2.45, 2.75) is 38.6 Å². The van der Waals surface area contributed by atoms with E-state index in [-0.39, 0.29) is 30.3 Å². The first kappa shape index (κ1) is 13.8. The number of Topliss-reactive ketones (excluding diaryl/α,β-unsaturated/α-hetero) is 1. The first-order chi connectivity index (χ1) is 9.11. The largest absolute Gasteiger partial charge is 0.396 e. The van der Waals surface area contributed by atoms with Crippen molar-refractivity contribution in [3.05, 3.63) is 23.5 Å². The third-order valence-corrected chi connectivity index (χ3v) is 3.79. The molecule has 5 heteroatoms. The first-order valence-corrected chi connectivity index (χ1v) is 6.73. The minimum atomic E-state index is -0.210. The third-order valence-electron chi connectivity index (χ3n) is 3.79. The number of hydrogen-bond donors (Lipinski definition) is 3. The van der Waals surface area contributed by atoms with Gasteiger partial charge in [0.15, 0.2) is 5.78 Å². The van der Waals surface area contributed by atoms with E-state index in [9.17, 15) is 14.7 Å². The highest BCUT2D eigenvalue weighted by atomic mass is 16.3. The van der Waals surface area contributed by atoms with E-state index in [0.29, 0.717) is 11.3 Å². The zero-order valence-corrected chi connectivity index (χ0v) is 11.1. The Kier molecular flexibility index (Phi) is 4.37. The maximum atomic E-state index is 12.1. The highest BCUT2D eigenvalue weighted by Crippen LogP contribution is 2.24. The third kappa shape index (κ3) is 3.23. The summed E-state index contributed by atoms with van der Waals surface area (Å²) in [4.78, 5) is 26.1. The van der Waals surface area contributed by atoms with Crippen molar-refractivity contribution in [2.24, 2.45) is 5.92 Å². The Balaban J connectivity index is 2.01. The van der Waals surface area contributed by atoms with Gasteiger partial charge in [-0.2, -0.15) is 0 Å². The first-order valence-electron chi connectivity index (χ1n) is 6.73. The van der Waals surface area contributed by atoms with Crippen LogP contribution in [0.5, 0.6) is 0 Å². The second-order valence-electron chi connectivity index (χ2n) is 5.17. The van der Waals surface area contributed by atoms with Crippen LogP contribution in [0.15, 0.2) is 12.3 Å². The predicted octanol–water partition coefficient (Wildman–Crippen LogP) is 1.50. The number of aliphatic hydroxyl groups is 1. The van der Waals surface area contributed by atoms with Crippen molar-refractivity contribution < 1.29 is 14.7 Å². The predicted molar refractivity (Wildman–Crippen MR) is 71.1 cm³/mol. The van der Waals surface area contributed by atoms with Gasteiger partial charge in [0.05, 0.1) is 0 Å². The molecule has 2 atom stereocenters. The molecule has 104 valence electrons. The van der Waals surface area contributed by atoms with Gasteiger partial charge in [-0.1, -0.05) is 12.8 Å². The van der Waals surface area contributed by atoms with Gasteiger partial charge in [0, 0.05) is 30.3 Å². The van der Waals surface area contributed by atoms with Gasteiger partial charge in [-0.05, 0) is 25.8 Å². The van der Waals surface area contributed by atoms with Gasteiger partial charge in [0.2, 0.25) is 0 Å². The zero-order valence-electron chi connectivity index (χ0n) is 11.1. The van der Waals surface area contributed by atoms with Gasteiger partial charge in [0.25, 0.3) is 5.91 Å². The van der Waals surface area contributed by atoms with Crippen molar-refractivity contribution >= 4 is 11.7 Å². The number of carbonyl (C=O) groups excluding carboxylic acids is 2. The lowest BCUT2D eigenvalue weighted by Crippen LogP contribution is -2.43. The average molecular weight is 264 g/mol. The van der Waals surface area contributed by atoms with Crippen LogP contribution in [0.3, 0.4) is 0 Å². The molecule has 0 aliphatic heterocycles. The summed E-state index contributed by atoms with van der Waals surface area (Å²) < 4.78 is 0. The van der Waals surface area contributed by atoms with E-state index < -0.39 is 0 Å². The van der Waals surface area contributed by atoms with E-state index in [1.54, 1.807) is 12.3 Å². The minimum absolute atomic E-state index is 0.0235. The van der Waals surface area contributed by atoms with Crippen molar-refractivity contribution in [3.63, 3.8) is 0 Å². The summed E-state index contributed by atoms with van der Waals surface area (Å²) in [5.74, 6) is -0.140. The number of hydrogen-bond acceptors (Lipinski definition) is 3. The molecule has 0 aromatic carbocycles. The van der Waals surface area contributed by atoms with Gasteiger partial charge < -0.3 is 15.4 Å². The van der Waals surface area contributed by atoms with Crippen molar-refractivity contribution in [1.29, 1.82) is 0 Å². The van der Waals surface area contributed by atoms with E-state index in [0.717, 1.165) is 25.7 Å². The summed E-state index contributed by atoms with van der Waals surface area (Å²) in [7, 11) is 0. The number of H-pyrrole nitrogens is 1. The van der Waals surface area contributed by atoms with Gasteiger partial charge in [0.1, 0.15) is 5.69 Å². The summed E-state index contributed by atoms with van der Waals surface area (Å²) in [6.07, 6.45) is 5.57. The number of nitrogens with one attached hydrogen (secondary N) is 2. The Bertz CT molecular complexity index is 467. The minimum Gasteiger partial charge on any atom is -0.396 e. The SMILES string of the molecule is CC(=O)c1c[nH]c(C(=O)NC2CCCCC2CO)c1. The molecule has 2 unspecified atom stereocenters. The molecule has 1 fully saturated rings. The topological polar surface area (TPSA) is 82.2 Å². The van der Waals surface area contributed by atoms with E-state index >= 15 is 0 Å². The lowest BCUT2D eigenvalue weighted by molar-refractivity contribution is 0.0868. The lowest BCUT2D eigenvalue weighted by Gasteiger charge is -2.30. The van der Waals surface area contributed by atoms with E-state index in [4.69, 9.17) is 0 Å². The highest BCUT2D eigenvalue weighted by molar-refractivity contribution is 5.99. The second-order valence-corrected chi connectivity index (χ2v) is 5.17. The van der Waals surface area contributed by atoms with Crippen molar-refractivity contribution in [2.75, 3.05) is 6.61 Å². The molecule has 1 aliphatic rings. The fourth-order valence-corrected chi connectivity index (χ4v) is 2.59. The zero-order chi connectivity index (χ0) is 13.8. The average Bonchev–Trinajstić information content (AvgIpc) is 2.89. The Morgan fingerprint density at radius 3 is 2.79 bits per heavy atom. The molecular formula is C14H20N2O3. The maximum absolute atomic E-state index is 12.1. The van der Waals surface area contributed by atoms with Crippen LogP contribution in [0, 0.1) is 5.92 Å². The molecule has 0 spiro atoms. The van der Waals surface area contributed by atoms with Crippen LogP contribution in [0.4, 0.5) is 0 Å². The molecule has 2 rings (SSSR count). The molecule has 0 bridgehead atoms. The van der Waals surface area contributed by atoms with E-state index in [2.05, 4.69) is 10.3 Å². The van der Waals surface area contributed by atoms with Crippen LogP contribution >= 0.6 is 0 Å². The number of aromatic nitrogens is 1. The molecule has 5 nitrogen and oxygen atoms in total. The van der Waals surface area contributed by atoms with Gasteiger partial charge >= 0.3 is 0 Å². The number of aromatic amines is 1. The van der Waals surface area contributed by atoms with Crippen LogP contribution in [0.1, 0.15) is 53.5 Å². The number of ketones is 1. The number of rotatable bonds is 4. The van der Waals surface area contributed by atoms with Gasteiger partial charge in [-0.3, -0.25) is 9.59 Å². The normalized spacial score (nSPS) is 23.1. The summed E-state index contributed by atoms with van der Waals surface area (Å²) in [5, 5.41) is 12.3. The van der Waals surface area contributed by atoms with Gasteiger partial charge in [-0.25, -0.2) is 0 Å². The monoisotopic (exact) mass is 264 g/mol. The van der Waals surface area contributed by atoms with Crippen LogP contribution in [0.2, 0.25) is 0 Å². The van der Waals surface area contributed by atoms with Crippen LogP contribution in [-0.4, -0.2) is 34.4 Å². The van der Waals surface area contributed by atoms with Crippen LogP contribution in [-0.2, 0) is 0 Å². The highest BCUT2D eigenvalue weighted by Gasteiger charge is 2.26. The molecular weight excluding hydrogens is 244 g/mol. The van der Waals surface area contributed by atoms with Gasteiger partial charge in [-0.15, -0.1) is 0 Å². The van der Waals surface area contributed by atoms with Crippen LogP contribution in [0.25, 0.3) is 0 Å². The Morgan fingerprint density at radius 1 is 1.42 bits per heavy atom. The summed E-state index contributed by atoms with van der Waals surface area (Å²) in [6.45, 7) is 1.57. The Morgan fingerprint density at radius 2 is 2.16 bits per heavy atom. The van der Waals surface area contributed by atoms with Crippen LogP contribution < -0.4 is 5.32 Å². The standard InChI is InChI=1S/C14H20N2O3/c1-9(18)11-6-13(15-7-11)14(19)16-12-5-3-2-4-10(12)8-17/h6-7,10,12,15,17H,2-5,8H2,1H3,(H,16,19). The summed E-state index contributed by atoms with van der Waals surface area (Å²) >= 11 is 0. The summed E-state index contributed by atoms with van der Waals surface area (Å²) in [6, 6.07) is 1.59. The Hall–Kier alpha value is -1.62. The fraction of sp³-hybridized carbons (Fsp3) is 0.571. The lowest BCUT2D eigenvalue weighted by atomic mass is 9.85. The number of amides is 1. The second kappa shape index (κ2) is 6.02. The fourth-order valence-electron chi connectivity index (χ4n) is 2.59. The molecule has 1 amide bonds. The molecule has 3 N–H and O–H groups in total. The Labute approximate surface area is 112 Å². The molecule has 0 radical (unpaired) electrons. The van der Waals surface area contributed by atoms with Crippen molar-refractivity contribution in [1.82, 2.24) is 10.3 Å². The smallest absolute Gasteiger partial charge is 0.267 e. The number of aliphatic hydroxyl groups excluding tert-OH is 1. The molecule has 19 heavy (non-hydrogen) atoms. The van der Waals surface area contributed by atoms with E-state index in [1.807, 2.05) is 0 Å². The van der Waals surface area contributed by atoms with E-state index in [1.165, 1.54) is 6.92 Å². The molecule has 0 saturated heterocycles. The molecule has 1 aromatic rings. The molecule has 1 heterocycles. The quantitative estimate of drug-likeness (QED) is 0.721.